The van der Waals surface area contributed by atoms with Crippen LogP contribution in [0.2, 0.25) is 5.02 Å². The Morgan fingerprint density at radius 2 is 2.21 bits per heavy atom. The Morgan fingerprint density at radius 1 is 1.37 bits per heavy atom. The number of halogens is 1. The first-order valence-corrected chi connectivity index (χ1v) is 5.88. The molecule has 0 radical (unpaired) electrons. The molecule has 0 spiro atoms. The molecule has 0 aliphatic carbocycles. The number of amides is 1. The monoisotopic (exact) mass is 277 g/mol. The third-order valence-corrected chi connectivity index (χ3v) is 2.59. The molecule has 0 aliphatic heterocycles. The molecule has 1 heterocycles. The fourth-order valence-corrected chi connectivity index (χ4v) is 1.68. The fraction of sp³-hybridized carbons (Fsp3) is 0.0833. The number of rotatable bonds is 4. The third kappa shape index (κ3) is 3.64. The van der Waals surface area contributed by atoms with E-state index in [4.69, 9.17) is 17.4 Å². The lowest BCUT2D eigenvalue weighted by atomic mass is 10.2. The van der Waals surface area contributed by atoms with E-state index in [2.05, 4.69) is 20.7 Å². The Hall–Kier alpha value is -2.18. The van der Waals surface area contributed by atoms with Crippen molar-refractivity contribution in [3.8, 4) is 0 Å². The van der Waals surface area contributed by atoms with E-state index in [9.17, 15) is 4.79 Å². The van der Waals surface area contributed by atoms with Crippen LogP contribution in [0.15, 0.2) is 36.7 Å². The predicted molar refractivity (Wildman–Crippen MR) is 72.5 cm³/mol. The summed E-state index contributed by atoms with van der Waals surface area (Å²) in [5.41, 5.74) is 3.43. The van der Waals surface area contributed by atoms with E-state index in [1.54, 1.807) is 12.1 Å². The van der Waals surface area contributed by atoms with Crippen molar-refractivity contribution >= 4 is 23.3 Å². The Balaban J connectivity index is 2.01. The quantitative estimate of drug-likeness (QED) is 0.579. The average Bonchev–Trinajstić information content (AvgIpc) is 2.45. The molecular formula is C12H12ClN5O. The van der Waals surface area contributed by atoms with Gasteiger partial charge >= 0.3 is 0 Å². The summed E-state index contributed by atoms with van der Waals surface area (Å²) < 4.78 is 0. The van der Waals surface area contributed by atoms with Crippen molar-refractivity contribution in [2.45, 2.75) is 6.54 Å². The van der Waals surface area contributed by atoms with Crippen LogP contribution in [0.3, 0.4) is 0 Å². The van der Waals surface area contributed by atoms with Gasteiger partial charge in [-0.25, -0.2) is 10.8 Å². The minimum atomic E-state index is -0.329. The first-order chi connectivity index (χ1) is 9.19. The largest absolute Gasteiger partial charge is 0.347 e. The van der Waals surface area contributed by atoms with Gasteiger partial charge in [0.2, 0.25) is 0 Å². The highest BCUT2D eigenvalue weighted by Gasteiger charge is 2.08. The van der Waals surface area contributed by atoms with E-state index >= 15 is 0 Å². The second-order valence-electron chi connectivity index (χ2n) is 3.75. The first kappa shape index (κ1) is 13.3. The van der Waals surface area contributed by atoms with Crippen molar-refractivity contribution in [1.29, 1.82) is 0 Å². The second kappa shape index (κ2) is 6.12. The lowest BCUT2D eigenvalue weighted by Crippen LogP contribution is -2.24. The Morgan fingerprint density at radius 3 is 2.95 bits per heavy atom. The van der Waals surface area contributed by atoms with Gasteiger partial charge in [-0.2, -0.15) is 0 Å². The highest BCUT2D eigenvalue weighted by molar-refractivity contribution is 6.30. The molecule has 0 fully saturated rings. The van der Waals surface area contributed by atoms with Crippen molar-refractivity contribution in [2.75, 3.05) is 5.43 Å². The third-order valence-electron chi connectivity index (χ3n) is 2.36. The van der Waals surface area contributed by atoms with E-state index in [0.29, 0.717) is 17.4 Å². The zero-order valence-corrected chi connectivity index (χ0v) is 10.7. The number of benzene rings is 1. The number of hydrogen-bond acceptors (Lipinski definition) is 5. The van der Waals surface area contributed by atoms with E-state index < -0.39 is 0 Å². The smallest absolute Gasteiger partial charge is 0.271 e. The average molecular weight is 278 g/mol. The lowest BCUT2D eigenvalue weighted by molar-refractivity contribution is 0.0945. The summed E-state index contributed by atoms with van der Waals surface area (Å²) in [5.74, 6) is 5.20. The van der Waals surface area contributed by atoms with Gasteiger partial charge in [-0.3, -0.25) is 9.78 Å². The Bertz CT molecular complexity index is 590. The summed E-state index contributed by atoms with van der Waals surface area (Å²) in [6, 6.07) is 7.25. The van der Waals surface area contributed by atoms with Crippen LogP contribution in [0, 0.1) is 0 Å². The molecule has 1 aromatic heterocycles. The van der Waals surface area contributed by atoms with Crippen molar-refractivity contribution in [2.24, 2.45) is 5.84 Å². The first-order valence-electron chi connectivity index (χ1n) is 5.50. The number of carbonyl (C=O) groups is 1. The molecule has 7 heteroatoms. The molecule has 0 atom stereocenters. The van der Waals surface area contributed by atoms with Gasteiger partial charge in [-0.1, -0.05) is 23.7 Å². The molecule has 0 saturated carbocycles. The summed E-state index contributed by atoms with van der Waals surface area (Å²) in [7, 11) is 0. The normalized spacial score (nSPS) is 10.0. The Labute approximate surface area is 115 Å². The predicted octanol–water partition coefficient (Wildman–Crippen LogP) is 1.35. The number of nitrogens with two attached hydrogens (primary N) is 1. The topological polar surface area (TPSA) is 92.9 Å². The van der Waals surface area contributed by atoms with Crippen molar-refractivity contribution < 1.29 is 4.79 Å². The van der Waals surface area contributed by atoms with E-state index in [0.717, 1.165) is 5.56 Å². The molecule has 2 rings (SSSR count). The number of carbonyl (C=O) groups excluding carboxylic acids is 1. The second-order valence-corrected chi connectivity index (χ2v) is 4.18. The van der Waals surface area contributed by atoms with Crippen LogP contribution in [0.4, 0.5) is 5.82 Å². The van der Waals surface area contributed by atoms with E-state index in [1.165, 1.54) is 12.4 Å². The molecule has 0 unspecified atom stereocenters. The van der Waals surface area contributed by atoms with Gasteiger partial charge in [0, 0.05) is 11.6 Å². The van der Waals surface area contributed by atoms with Gasteiger partial charge in [-0.05, 0) is 17.7 Å². The van der Waals surface area contributed by atoms with E-state index in [1.807, 2.05) is 12.1 Å². The molecule has 98 valence electrons. The number of nitrogen functional groups attached to an aromatic ring is 1. The molecule has 0 saturated heterocycles. The van der Waals surface area contributed by atoms with Gasteiger partial charge in [0.1, 0.15) is 5.69 Å². The van der Waals surface area contributed by atoms with Crippen LogP contribution in [0.5, 0.6) is 0 Å². The number of anilines is 1. The minimum absolute atomic E-state index is 0.192. The highest BCUT2D eigenvalue weighted by atomic mass is 35.5. The van der Waals surface area contributed by atoms with Crippen molar-refractivity contribution in [3.63, 3.8) is 0 Å². The molecule has 1 aromatic carbocycles. The van der Waals surface area contributed by atoms with Gasteiger partial charge < -0.3 is 10.7 Å². The molecule has 0 aliphatic rings. The van der Waals surface area contributed by atoms with Crippen LogP contribution in [-0.2, 0) is 6.54 Å². The number of hydrazine groups is 1. The number of nitrogens with zero attached hydrogens (tertiary/aromatic N) is 2. The van der Waals surface area contributed by atoms with Crippen LogP contribution in [0.1, 0.15) is 16.1 Å². The van der Waals surface area contributed by atoms with Crippen LogP contribution >= 0.6 is 11.6 Å². The Kier molecular flexibility index (Phi) is 4.27. The number of nitrogens with one attached hydrogen (secondary N) is 2. The van der Waals surface area contributed by atoms with Gasteiger partial charge in [-0.15, -0.1) is 0 Å². The lowest BCUT2D eigenvalue weighted by Gasteiger charge is -2.06. The molecule has 19 heavy (non-hydrogen) atoms. The van der Waals surface area contributed by atoms with Crippen LogP contribution in [0.25, 0.3) is 0 Å². The SMILES string of the molecule is NNc1cncc(C(=O)NCc2cccc(Cl)c2)n1. The minimum Gasteiger partial charge on any atom is -0.347 e. The van der Waals surface area contributed by atoms with Crippen LogP contribution in [-0.4, -0.2) is 15.9 Å². The molecule has 0 bridgehead atoms. The van der Waals surface area contributed by atoms with Gasteiger partial charge in [0.05, 0.1) is 12.4 Å². The molecule has 1 amide bonds. The van der Waals surface area contributed by atoms with Crippen molar-refractivity contribution in [3.05, 3.63) is 52.9 Å². The zero-order chi connectivity index (χ0) is 13.7. The molecule has 2 aromatic rings. The number of hydrogen-bond donors (Lipinski definition) is 3. The molecule has 4 N–H and O–H groups in total. The van der Waals surface area contributed by atoms with E-state index in [-0.39, 0.29) is 11.6 Å². The van der Waals surface area contributed by atoms with Crippen LogP contribution < -0.4 is 16.6 Å². The zero-order valence-electron chi connectivity index (χ0n) is 9.93. The summed E-state index contributed by atoms with van der Waals surface area (Å²) in [6.07, 6.45) is 2.79. The maximum atomic E-state index is 11.9. The van der Waals surface area contributed by atoms with Crippen molar-refractivity contribution in [1.82, 2.24) is 15.3 Å². The molecule has 6 nitrogen and oxygen atoms in total. The summed E-state index contributed by atoms with van der Waals surface area (Å²) in [6.45, 7) is 0.362. The van der Waals surface area contributed by atoms with Gasteiger partial charge in [0.15, 0.2) is 5.82 Å². The summed E-state index contributed by atoms with van der Waals surface area (Å²) >= 11 is 5.86. The number of aromatic nitrogens is 2. The maximum absolute atomic E-state index is 11.9. The molecular weight excluding hydrogens is 266 g/mol. The standard InChI is InChI=1S/C12H12ClN5O/c13-9-3-1-2-8(4-9)5-16-12(19)10-6-15-7-11(17-10)18-14/h1-4,6-7H,5,14H2,(H,16,19)(H,17,18). The highest BCUT2D eigenvalue weighted by Crippen LogP contribution is 2.10. The summed E-state index contributed by atoms with van der Waals surface area (Å²) in [4.78, 5) is 19.7. The fourth-order valence-electron chi connectivity index (χ4n) is 1.46. The maximum Gasteiger partial charge on any atom is 0.271 e. The van der Waals surface area contributed by atoms with Gasteiger partial charge in [0.25, 0.3) is 5.91 Å². The summed E-state index contributed by atoms with van der Waals surface area (Å²) in [5, 5.41) is 3.35.